The van der Waals surface area contributed by atoms with Crippen molar-refractivity contribution >= 4 is 12.4 Å². The van der Waals surface area contributed by atoms with Gasteiger partial charge < -0.3 is 5.73 Å². The van der Waals surface area contributed by atoms with Gasteiger partial charge in [-0.3, -0.25) is 0 Å². The van der Waals surface area contributed by atoms with Crippen LogP contribution in [-0.2, 0) is 0 Å². The van der Waals surface area contributed by atoms with Crippen molar-refractivity contribution in [3.05, 3.63) is 29.8 Å². The van der Waals surface area contributed by atoms with Gasteiger partial charge in [-0.15, -0.1) is 12.4 Å². The fourth-order valence-electron chi connectivity index (χ4n) is 0.994. The molecule has 6 heteroatoms. The van der Waals surface area contributed by atoms with Crippen molar-refractivity contribution in [2.75, 3.05) is 0 Å². The fraction of sp³-hybridized carbons (Fsp3) is 0.375. The Morgan fingerprint density at radius 1 is 1.43 bits per heavy atom. The predicted molar refractivity (Wildman–Crippen MR) is 49.0 cm³/mol. The lowest BCUT2D eigenvalue weighted by atomic mass is 10.1. The Hall–Kier alpha value is -0.810. The van der Waals surface area contributed by atoms with Gasteiger partial charge >= 0.3 is 0 Å². The number of rotatable bonds is 3. The maximum absolute atomic E-state index is 12.9. The molecule has 0 fully saturated rings. The lowest BCUT2D eigenvalue weighted by Crippen LogP contribution is -2.15. The van der Waals surface area contributed by atoms with Gasteiger partial charge in [0.25, 0.3) is 0 Å². The molecular weight excluding hydrogens is 217 g/mol. The van der Waals surface area contributed by atoms with Crippen molar-refractivity contribution in [2.24, 2.45) is 5.73 Å². The summed E-state index contributed by atoms with van der Waals surface area (Å²) in [6.45, 7) is 0. The molecule has 0 saturated heterocycles. The monoisotopic (exact) mass is 226 g/mol. The number of halogens is 4. The largest absolute Gasteiger partial charge is 0.324 e. The number of alkyl halides is 2. The first-order chi connectivity index (χ1) is 6.11. The molecule has 0 aliphatic carbocycles. The molecule has 0 aliphatic heterocycles. The van der Waals surface area contributed by atoms with Crippen LogP contribution in [0.3, 0.4) is 0 Å². The van der Waals surface area contributed by atoms with Crippen LogP contribution in [-0.4, -0.2) is 11.4 Å². The highest BCUT2D eigenvalue weighted by molar-refractivity contribution is 5.85. The summed E-state index contributed by atoms with van der Waals surface area (Å²) in [4.78, 5) is 3.32. The number of aromatic nitrogens is 1. The van der Waals surface area contributed by atoms with E-state index in [0.29, 0.717) is 0 Å². The molecule has 1 rings (SSSR count). The molecule has 14 heavy (non-hydrogen) atoms. The second-order valence-electron chi connectivity index (χ2n) is 2.62. The SMILES string of the molecule is Cl.N[C@H](CC(F)F)c1cccnc1F. The van der Waals surface area contributed by atoms with Gasteiger partial charge in [0.1, 0.15) is 0 Å². The zero-order chi connectivity index (χ0) is 9.84. The minimum Gasteiger partial charge on any atom is -0.324 e. The summed E-state index contributed by atoms with van der Waals surface area (Å²) in [5, 5.41) is 0. The average Bonchev–Trinajstić information content (AvgIpc) is 2.03. The number of pyridine rings is 1. The molecule has 2 N–H and O–H groups in total. The second kappa shape index (κ2) is 5.82. The average molecular weight is 227 g/mol. The molecule has 0 unspecified atom stereocenters. The van der Waals surface area contributed by atoms with E-state index >= 15 is 0 Å². The molecule has 1 aromatic rings. The van der Waals surface area contributed by atoms with E-state index in [1.165, 1.54) is 18.3 Å². The Morgan fingerprint density at radius 3 is 2.57 bits per heavy atom. The first kappa shape index (κ1) is 13.2. The predicted octanol–water partition coefficient (Wildman–Crippen LogP) is 2.30. The Labute approximate surface area is 85.7 Å². The normalized spacial score (nSPS) is 12.4. The number of nitrogens with zero attached hydrogens (tertiary/aromatic N) is 1. The van der Waals surface area contributed by atoms with E-state index in [9.17, 15) is 13.2 Å². The summed E-state index contributed by atoms with van der Waals surface area (Å²) in [5.74, 6) is -0.782. The van der Waals surface area contributed by atoms with Gasteiger partial charge in [-0.1, -0.05) is 6.07 Å². The number of hydrogen-bond acceptors (Lipinski definition) is 2. The maximum atomic E-state index is 12.9. The van der Waals surface area contributed by atoms with Crippen molar-refractivity contribution < 1.29 is 13.2 Å². The molecule has 0 spiro atoms. The molecule has 0 amide bonds. The molecule has 80 valence electrons. The second-order valence-corrected chi connectivity index (χ2v) is 2.62. The van der Waals surface area contributed by atoms with Crippen LogP contribution in [0.15, 0.2) is 18.3 Å². The van der Waals surface area contributed by atoms with Crippen LogP contribution in [0.25, 0.3) is 0 Å². The van der Waals surface area contributed by atoms with Crippen LogP contribution >= 0.6 is 12.4 Å². The van der Waals surface area contributed by atoms with Crippen LogP contribution in [0.4, 0.5) is 13.2 Å². The van der Waals surface area contributed by atoms with Crippen LogP contribution in [0.1, 0.15) is 18.0 Å². The van der Waals surface area contributed by atoms with Crippen molar-refractivity contribution in [1.82, 2.24) is 4.98 Å². The summed E-state index contributed by atoms with van der Waals surface area (Å²) in [6, 6.07) is 1.83. The molecule has 0 aliphatic rings. The Kier molecular flexibility index (Phi) is 5.49. The van der Waals surface area contributed by atoms with Gasteiger partial charge in [0.2, 0.25) is 12.4 Å². The highest BCUT2D eigenvalue weighted by atomic mass is 35.5. The van der Waals surface area contributed by atoms with Gasteiger partial charge in [-0.25, -0.2) is 13.8 Å². The Bertz CT molecular complexity index is 283. The first-order valence-electron chi connectivity index (χ1n) is 3.75. The summed E-state index contributed by atoms with van der Waals surface area (Å²) < 4.78 is 36.6. The summed E-state index contributed by atoms with van der Waals surface area (Å²) in [5.41, 5.74) is 5.37. The number of hydrogen-bond donors (Lipinski definition) is 1. The van der Waals surface area contributed by atoms with Crippen molar-refractivity contribution in [1.29, 1.82) is 0 Å². The van der Waals surface area contributed by atoms with Gasteiger partial charge in [0, 0.05) is 24.2 Å². The van der Waals surface area contributed by atoms with Crippen molar-refractivity contribution in [2.45, 2.75) is 18.9 Å². The minimum absolute atomic E-state index is 0. The van der Waals surface area contributed by atoms with E-state index in [-0.39, 0.29) is 18.0 Å². The van der Waals surface area contributed by atoms with E-state index in [1.807, 2.05) is 0 Å². The third-order valence-electron chi connectivity index (χ3n) is 1.62. The van der Waals surface area contributed by atoms with E-state index in [4.69, 9.17) is 5.73 Å². The molecule has 0 saturated carbocycles. The highest BCUT2D eigenvalue weighted by Crippen LogP contribution is 2.19. The molecular formula is C8H10ClF3N2. The Balaban J connectivity index is 0.00000169. The molecule has 0 aromatic carbocycles. The molecule has 0 radical (unpaired) electrons. The number of nitrogens with two attached hydrogens (primary N) is 1. The smallest absolute Gasteiger partial charge is 0.240 e. The van der Waals surface area contributed by atoms with Crippen LogP contribution in [0, 0.1) is 5.95 Å². The van der Waals surface area contributed by atoms with Crippen LogP contribution < -0.4 is 5.73 Å². The van der Waals surface area contributed by atoms with E-state index < -0.39 is 24.8 Å². The lowest BCUT2D eigenvalue weighted by molar-refractivity contribution is 0.128. The summed E-state index contributed by atoms with van der Waals surface area (Å²) in [6.07, 6.45) is -1.84. The van der Waals surface area contributed by atoms with Crippen molar-refractivity contribution in [3.8, 4) is 0 Å². The summed E-state index contributed by atoms with van der Waals surface area (Å²) in [7, 11) is 0. The molecule has 1 aromatic heterocycles. The van der Waals surface area contributed by atoms with Gasteiger partial charge in [0.05, 0.1) is 0 Å². The molecule has 1 heterocycles. The van der Waals surface area contributed by atoms with Gasteiger partial charge in [0.15, 0.2) is 0 Å². The standard InChI is InChI=1S/C8H9F3N2.ClH/c9-7(10)4-6(12)5-2-1-3-13-8(5)11;/h1-3,6-7H,4,12H2;1H/t6-;/m1./s1. The third kappa shape index (κ3) is 3.51. The van der Waals surface area contributed by atoms with Gasteiger partial charge in [-0.05, 0) is 6.07 Å². The summed E-state index contributed by atoms with van der Waals surface area (Å²) >= 11 is 0. The highest BCUT2D eigenvalue weighted by Gasteiger charge is 2.16. The lowest BCUT2D eigenvalue weighted by Gasteiger charge is -2.10. The van der Waals surface area contributed by atoms with Crippen molar-refractivity contribution in [3.63, 3.8) is 0 Å². The fourth-order valence-corrected chi connectivity index (χ4v) is 0.994. The van der Waals surface area contributed by atoms with E-state index in [1.54, 1.807) is 0 Å². The quantitative estimate of drug-likeness (QED) is 0.804. The zero-order valence-electron chi connectivity index (χ0n) is 7.16. The first-order valence-corrected chi connectivity index (χ1v) is 3.75. The zero-order valence-corrected chi connectivity index (χ0v) is 7.98. The van der Waals surface area contributed by atoms with Crippen LogP contribution in [0.2, 0.25) is 0 Å². The van der Waals surface area contributed by atoms with E-state index in [0.717, 1.165) is 0 Å². The third-order valence-corrected chi connectivity index (χ3v) is 1.62. The molecule has 1 atom stereocenters. The molecule has 2 nitrogen and oxygen atoms in total. The topological polar surface area (TPSA) is 38.9 Å². The maximum Gasteiger partial charge on any atom is 0.240 e. The van der Waals surface area contributed by atoms with Crippen LogP contribution in [0.5, 0.6) is 0 Å². The Morgan fingerprint density at radius 2 is 2.07 bits per heavy atom. The van der Waals surface area contributed by atoms with Gasteiger partial charge in [-0.2, -0.15) is 4.39 Å². The molecule has 0 bridgehead atoms. The minimum atomic E-state index is -2.53. The van der Waals surface area contributed by atoms with E-state index in [2.05, 4.69) is 4.98 Å².